The molecule has 2 aromatic carbocycles. The van der Waals surface area contributed by atoms with Gasteiger partial charge in [-0.1, -0.05) is 6.07 Å². The van der Waals surface area contributed by atoms with E-state index in [0.29, 0.717) is 6.79 Å². The van der Waals surface area contributed by atoms with Gasteiger partial charge in [0.25, 0.3) is 0 Å². The number of halogens is 2. The van der Waals surface area contributed by atoms with Gasteiger partial charge in [0.05, 0.1) is 0 Å². The molecule has 0 N–H and O–H groups in total. The molecule has 6 heteroatoms. The maximum absolute atomic E-state index is 5.51. The van der Waals surface area contributed by atoms with Crippen LogP contribution in [0.15, 0.2) is 60.4 Å². The molecule has 1 aliphatic rings. The number of hydrogen-bond donors (Lipinski definition) is 0. The summed E-state index contributed by atoms with van der Waals surface area (Å²) in [5, 5.41) is 2.66. The summed E-state index contributed by atoms with van der Waals surface area (Å²) in [5.74, 6) is 0.813. The summed E-state index contributed by atoms with van der Waals surface area (Å²) in [4.78, 5) is 0. The zero-order valence-electron chi connectivity index (χ0n) is 16.7. The van der Waals surface area contributed by atoms with Crippen molar-refractivity contribution in [3.05, 3.63) is 66.5 Å². The van der Waals surface area contributed by atoms with Gasteiger partial charge < -0.3 is 34.0 Å². The molecule has 0 atom stereocenters. The van der Waals surface area contributed by atoms with Crippen molar-refractivity contribution in [3.63, 3.8) is 0 Å². The van der Waals surface area contributed by atoms with E-state index < -0.39 is 8.32 Å². The molecule has 0 fully saturated rings. The maximum atomic E-state index is 5.51. The smallest absolute Gasteiger partial charge is 0.188 e. The van der Waals surface area contributed by atoms with Crippen molar-refractivity contribution in [1.29, 1.82) is 0 Å². The number of ether oxygens (including phenoxy) is 1. The van der Waals surface area contributed by atoms with E-state index in [0.717, 1.165) is 12.2 Å². The van der Waals surface area contributed by atoms with Crippen LogP contribution in [0.1, 0.15) is 20.3 Å². The van der Waals surface area contributed by atoms with Crippen LogP contribution in [-0.2, 0) is 33.4 Å². The largest absolute Gasteiger partial charge is 1.00 e. The van der Waals surface area contributed by atoms with Gasteiger partial charge >= 0.3 is 41.3 Å². The van der Waals surface area contributed by atoms with Crippen LogP contribution in [0.2, 0.25) is 19.6 Å². The first kappa shape index (κ1) is 28.8. The Morgan fingerprint density at radius 2 is 1.78 bits per heavy atom. The molecular formula is C21H28Cl2O2SiZr-2. The van der Waals surface area contributed by atoms with Gasteiger partial charge in [0, 0.05) is 0 Å². The minimum absolute atomic E-state index is 0. The first-order valence-corrected chi connectivity index (χ1v) is 13.1. The van der Waals surface area contributed by atoms with Gasteiger partial charge in [0.1, 0.15) is 0 Å². The molecule has 0 amide bonds. The molecule has 148 valence electrons. The Balaban J connectivity index is 0. The van der Waals surface area contributed by atoms with E-state index in [1.807, 2.05) is 12.2 Å². The third-order valence-electron chi connectivity index (χ3n) is 2.92. The third-order valence-corrected chi connectivity index (χ3v) is 3.90. The normalized spacial score (nSPS) is 11.7. The van der Waals surface area contributed by atoms with Gasteiger partial charge in [-0.15, -0.1) is 36.1 Å². The molecular weight excluding hydrogens is 474 g/mol. The van der Waals surface area contributed by atoms with Crippen LogP contribution in [0.3, 0.4) is 0 Å². The zero-order valence-corrected chi connectivity index (χ0v) is 21.7. The Labute approximate surface area is 192 Å². The van der Waals surface area contributed by atoms with E-state index in [2.05, 4.69) is 82.0 Å². The van der Waals surface area contributed by atoms with Crippen molar-refractivity contribution in [2.24, 2.45) is 0 Å². The fourth-order valence-electron chi connectivity index (χ4n) is 1.82. The minimum atomic E-state index is -1.42. The second-order valence-corrected chi connectivity index (χ2v) is 13.8. The molecule has 2 nitrogen and oxygen atoms in total. The SMILES string of the molecule is C[C](C)=[Zr+2].C[Si](C)(C)OCOC1=[C-]CC=C1.[Cl-].[Cl-].c1ccc2[cH-]ccc2c1. The summed E-state index contributed by atoms with van der Waals surface area (Å²) in [6.07, 6.45) is 7.87. The van der Waals surface area contributed by atoms with Gasteiger partial charge in [0.15, 0.2) is 15.1 Å². The molecule has 0 unspecified atom stereocenters. The number of benzene rings is 1. The Bertz CT molecular complexity index is 684. The summed E-state index contributed by atoms with van der Waals surface area (Å²) < 4.78 is 12.3. The van der Waals surface area contributed by atoms with E-state index in [1.54, 1.807) is 24.2 Å². The predicted octanol–water partition coefficient (Wildman–Crippen LogP) is -0.229. The standard InChI is InChI=1S/C9H15O2Si.C9H7.C3H6.2ClH.Zr/c1-12(2,3)11-8-10-9-6-4-5-7-9;1-2-5-9-7-3-6-8(9)4-1;1-3-2;;;/h4,6H,5,8H2,1-3H3;1-7H;1-2H3;2*1H;/q2*-1;;;;+2/p-2. The summed E-state index contributed by atoms with van der Waals surface area (Å²) in [5.41, 5.74) is 0. The fourth-order valence-corrected chi connectivity index (χ4v) is 2.24. The van der Waals surface area contributed by atoms with Crippen molar-refractivity contribution in [1.82, 2.24) is 0 Å². The topological polar surface area (TPSA) is 18.5 Å². The van der Waals surface area contributed by atoms with Crippen molar-refractivity contribution in [2.75, 3.05) is 6.79 Å². The van der Waals surface area contributed by atoms with Gasteiger partial charge in [-0.2, -0.15) is 29.7 Å². The van der Waals surface area contributed by atoms with Crippen LogP contribution in [0.25, 0.3) is 10.8 Å². The second kappa shape index (κ2) is 15.5. The van der Waals surface area contributed by atoms with Crippen molar-refractivity contribution < 1.29 is 58.2 Å². The van der Waals surface area contributed by atoms with Crippen LogP contribution in [0.4, 0.5) is 0 Å². The molecule has 0 saturated carbocycles. The fraction of sp³-hybridized carbons (Fsp3) is 0.333. The third kappa shape index (κ3) is 15.2. The van der Waals surface area contributed by atoms with Crippen LogP contribution in [0, 0.1) is 6.08 Å². The van der Waals surface area contributed by atoms with E-state index in [1.165, 1.54) is 14.0 Å². The van der Waals surface area contributed by atoms with E-state index in [-0.39, 0.29) is 24.8 Å². The molecule has 0 radical (unpaired) electrons. The Morgan fingerprint density at radius 1 is 1.15 bits per heavy atom. The van der Waals surface area contributed by atoms with E-state index in [4.69, 9.17) is 9.16 Å². The number of fused-ring (bicyclic) bond motifs is 1. The second-order valence-electron chi connectivity index (χ2n) is 6.82. The monoisotopic (exact) mass is 500 g/mol. The molecule has 2 aromatic rings. The molecule has 0 saturated heterocycles. The Hall–Kier alpha value is -0.380. The average molecular weight is 503 g/mol. The summed E-state index contributed by atoms with van der Waals surface area (Å²) in [6.45, 7) is 11.0. The van der Waals surface area contributed by atoms with Crippen molar-refractivity contribution >= 4 is 22.3 Å². The van der Waals surface area contributed by atoms with E-state index in [9.17, 15) is 0 Å². The Morgan fingerprint density at radius 3 is 2.30 bits per heavy atom. The molecule has 0 aliphatic heterocycles. The molecule has 27 heavy (non-hydrogen) atoms. The Kier molecular flexibility index (Phi) is 16.6. The van der Waals surface area contributed by atoms with Gasteiger partial charge in [0.2, 0.25) is 0 Å². The van der Waals surface area contributed by atoms with Crippen molar-refractivity contribution in [2.45, 2.75) is 39.9 Å². The van der Waals surface area contributed by atoms with E-state index >= 15 is 0 Å². The summed E-state index contributed by atoms with van der Waals surface area (Å²) in [6, 6.07) is 14.7. The van der Waals surface area contributed by atoms with Gasteiger partial charge in [-0.05, 0) is 25.4 Å². The molecule has 0 heterocycles. The molecule has 1 aliphatic carbocycles. The maximum Gasteiger partial charge on any atom is 0.188 e. The number of allylic oxidation sites excluding steroid dienone is 3. The first-order chi connectivity index (χ1) is 11.8. The van der Waals surface area contributed by atoms with Crippen molar-refractivity contribution in [3.8, 4) is 0 Å². The molecule has 0 spiro atoms. The summed E-state index contributed by atoms with van der Waals surface area (Å²) in [7, 11) is -1.42. The minimum Gasteiger partial charge on any atom is -1.00 e. The molecule has 0 bridgehead atoms. The molecule has 0 aromatic heterocycles. The van der Waals surface area contributed by atoms with Crippen LogP contribution in [0.5, 0.6) is 0 Å². The molecule has 3 rings (SSSR count). The van der Waals surface area contributed by atoms with Crippen LogP contribution < -0.4 is 24.8 Å². The zero-order chi connectivity index (χ0) is 18.7. The van der Waals surface area contributed by atoms with Gasteiger partial charge in [-0.25, -0.2) is 6.08 Å². The van der Waals surface area contributed by atoms with Crippen LogP contribution >= 0.6 is 0 Å². The first-order valence-electron chi connectivity index (χ1n) is 8.44. The number of hydrogen-bond acceptors (Lipinski definition) is 2. The quantitative estimate of drug-likeness (QED) is 0.327. The van der Waals surface area contributed by atoms with Gasteiger partial charge in [-0.3, -0.25) is 0 Å². The average Bonchev–Trinajstić information content (AvgIpc) is 3.17. The van der Waals surface area contributed by atoms with Crippen LogP contribution in [-0.4, -0.2) is 18.3 Å². The predicted molar refractivity (Wildman–Crippen MR) is 107 cm³/mol. The number of rotatable bonds is 4. The summed E-state index contributed by atoms with van der Waals surface area (Å²) >= 11 is 1.55.